The number of aromatic nitrogens is 3. The Hall–Kier alpha value is -4.01. The molecular formula is C28H20N3OP. The zero-order chi connectivity index (χ0) is 22.3. The summed E-state index contributed by atoms with van der Waals surface area (Å²) in [5.74, 6) is 0.650. The van der Waals surface area contributed by atoms with Crippen molar-refractivity contribution in [2.45, 2.75) is 0 Å². The number of hydrogen-bond acceptors (Lipinski definition) is 3. The van der Waals surface area contributed by atoms with Crippen molar-refractivity contribution in [1.29, 1.82) is 0 Å². The SMILES string of the molecule is O=P(c1ccccc1)(c1ccccc1)c1cncc(-n2c3ccccc3c3ccccc32)n1. The molecule has 158 valence electrons. The van der Waals surface area contributed by atoms with Gasteiger partial charge in [-0.1, -0.05) is 97.1 Å². The molecule has 0 unspecified atom stereocenters. The lowest BCUT2D eigenvalue weighted by atomic mass is 10.2. The largest absolute Gasteiger partial charge is 0.307 e. The van der Waals surface area contributed by atoms with Gasteiger partial charge in [-0.05, 0) is 12.1 Å². The number of para-hydroxylation sites is 2. The Morgan fingerprint density at radius 1 is 0.576 bits per heavy atom. The van der Waals surface area contributed by atoms with Crippen molar-refractivity contribution < 1.29 is 4.57 Å². The van der Waals surface area contributed by atoms with E-state index < -0.39 is 7.14 Å². The predicted molar refractivity (Wildman–Crippen MR) is 136 cm³/mol. The summed E-state index contributed by atoms with van der Waals surface area (Å²) in [6.45, 7) is 0. The van der Waals surface area contributed by atoms with Gasteiger partial charge in [0.1, 0.15) is 5.44 Å². The second-order valence-corrected chi connectivity index (χ2v) is 10.6. The first-order chi connectivity index (χ1) is 16.3. The maximum absolute atomic E-state index is 14.8. The minimum atomic E-state index is -3.21. The van der Waals surface area contributed by atoms with Crippen LogP contribution in [0.25, 0.3) is 27.6 Å². The summed E-state index contributed by atoms with van der Waals surface area (Å²) in [6.07, 6.45) is 3.38. The molecule has 0 atom stereocenters. The Morgan fingerprint density at radius 2 is 1.06 bits per heavy atom. The fraction of sp³-hybridized carbons (Fsp3) is 0. The Labute approximate surface area is 191 Å². The monoisotopic (exact) mass is 445 g/mol. The van der Waals surface area contributed by atoms with Gasteiger partial charge < -0.3 is 4.57 Å². The summed E-state index contributed by atoms with van der Waals surface area (Å²) in [7, 11) is -3.21. The van der Waals surface area contributed by atoms with E-state index >= 15 is 0 Å². The smallest absolute Gasteiger partial charge is 0.190 e. The molecule has 0 aliphatic rings. The van der Waals surface area contributed by atoms with Crippen molar-refractivity contribution in [3.05, 3.63) is 122 Å². The van der Waals surface area contributed by atoms with E-state index in [1.165, 1.54) is 0 Å². The van der Waals surface area contributed by atoms with Crippen molar-refractivity contribution in [3.8, 4) is 5.82 Å². The topological polar surface area (TPSA) is 47.8 Å². The molecule has 0 saturated heterocycles. The lowest BCUT2D eigenvalue weighted by Crippen LogP contribution is -2.28. The van der Waals surface area contributed by atoms with Gasteiger partial charge in [-0.3, -0.25) is 9.55 Å². The molecule has 33 heavy (non-hydrogen) atoms. The summed E-state index contributed by atoms with van der Waals surface area (Å²) >= 11 is 0. The van der Waals surface area contributed by atoms with Gasteiger partial charge in [0.25, 0.3) is 0 Å². The minimum absolute atomic E-state index is 0.472. The van der Waals surface area contributed by atoms with Gasteiger partial charge in [0.05, 0.1) is 23.4 Å². The molecule has 0 radical (unpaired) electrons. The third-order valence-electron chi connectivity index (χ3n) is 5.98. The first-order valence-electron chi connectivity index (χ1n) is 10.8. The second-order valence-electron chi connectivity index (χ2n) is 7.89. The van der Waals surface area contributed by atoms with Crippen molar-refractivity contribution >= 4 is 45.0 Å². The molecule has 0 fully saturated rings. The molecule has 0 aliphatic heterocycles. The van der Waals surface area contributed by atoms with Crippen LogP contribution in [0.5, 0.6) is 0 Å². The first kappa shape index (κ1) is 19.7. The summed E-state index contributed by atoms with van der Waals surface area (Å²) in [4.78, 5) is 9.49. The maximum atomic E-state index is 14.8. The Morgan fingerprint density at radius 3 is 1.61 bits per heavy atom. The van der Waals surface area contributed by atoms with Crippen LogP contribution in [0.1, 0.15) is 0 Å². The highest BCUT2D eigenvalue weighted by molar-refractivity contribution is 7.85. The van der Waals surface area contributed by atoms with Crippen LogP contribution in [0.4, 0.5) is 0 Å². The van der Waals surface area contributed by atoms with Crippen LogP contribution in [0.3, 0.4) is 0 Å². The van der Waals surface area contributed by atoms with E-state index in [2.05, 4.69) is 33.8 Å². The van der Waals surface area contributed by atoms with Gasteiger partial charge >= 0.3 is 0 Å². The highest BCUT2D eigenvalue weighted by Crippen LogP contribution is 2.41. The minimum Gasteiger partial charge on any atom is -0.307 e. The molecule has 4 aromatic carbocycles. The van der Waals surface area contributed by atoms with Crippen LogP contribution in [-0.4, -0.2) is 14.5 Å². The van der Waals surface area contributed by atoms with Crippen molar-refractivity contribution in [2.24, 2.45) is 0 Å². The summed E-state index contributed by atoms with van der Waals surface area (Å²) in [5, 5.41) is 3.78. The fourth-order valence-corrected chi connectivity index (χ4v) is 6.95. The van der Waals surface area contributed by atoms with Gasteiger partial charge in [-0.2, -0.15) is 0 Å². The number of hydrogen-bond donors (Lipinski definition) is 0. The number of rotatable bonds is 4. The number of fused-ring (bicyclic) bond motifs is 3. The molecule has 0 amide bonds. The van der Waals surface area contributed by atoms with Crippen molar-refractivity contribution in [3.63, 3.8) is 0 Å². The molecule has 0 N–H and O–H groups in total. The first-order valence-corrected chi connectivity index (χ1v) is 12.5. The third-order valence-corrected chi connectivity index (χ3v) is 8.89. The molecular weight excluding hydrogens is 425 g/mol. The van der Waals surface area contributed by atoms with E-state index in [1.807, 2.05) is 84.9 Å². The van der Waals surface area contributed by atoms with Crippen LogP contribution in [-0.2, 0) is 4.57 Å². The summed E-state index contributed by atoms with van der Waals surface area (Å²) in [6, 6.07) is 35.6. The molecule has 0 saturated carbocycles. The molecule has 4 nitrogen and oxygen atoms in total. The van der Waals surface area contributed by atoms with Gasteiger partial charge in [0.2, 0.25) is 0 Å². The van der Waals surface area contributed by atoms with E-state index in [0.29, 0.717) is 11.3 Å². The molecule has 6 rings (SSSR count). The van der Waals surface area contributed by atoms with E-state index in [-0.39, 0.29) is 0 Å². The third kappa shape index (κ3) is 3.11. The Kier molecular flexibility index (Phi) is 4.67. The quantitative estimate of drug-likeness (QED) is 0.350. The van der Waals surface area contributed by atoms with Crippen molar-refractivity contribution in [2.75, 3.05) is 0 Å². The molecule has 6 aromatic rings. The van der Waals surface area contributed by atoms with E-state index in [9.17, 15) is 4.57 Å². The van der Waals surface area contributed by atoms with Gasteiger partial charge in [-0.25, -0.2) is 4.98 Å². The highest BCUT2D eigenvalue weighted by Gasteiger charge is 2.32. The Balaban J connectivity index is 1.64. The normalized spacial score (nSPS) is 11.8. The molecule has 0 aliphatic carbocycles. The standard InChI is InChI=1S/C28H20N3OP/c32-33(21-11-3-1-4-12-21,22-13-5-2-6-14-22)28-20-29-19-27(30-28)31-25-17-9-7-15-23(25)24-16-8-10-18-26(24)31/h1-20H. The molecule has 0 bridgehead atoms. The summed E-state index contributed by atoms with van der Waals surface area (Å²) < 4.78 is 16.9. The number of benzene rings is 4. The van der Waals surface area contributed by atoms with Crippen molar-refractivity contribution in [1.82, 2.24) is 14.5 Å². The Bertz CT molecular complexity index is 1550. The molecule has 2 aromatic heterocycles. The molecule has 5 heteroatoms. The van der Waals surface area contributed by atoms with Crippen LogP contribution in [0.15, 0.2) is 122 Å². The highest BCUT2D eigenvalue weighted by atomic mass is 31.2. The van der Waals surface area contributed by atoms with Gasteiger partial charge in [0.15, 0.2) is 13.0 Å². The lowest BCUT2D eigenvalue weighted by Gasteiger charge is -2.19. The second kappa shape index (κ2) is 7.84. The average molecular weight is 445 g/mol. The fourth-order valence-electron chi connectivity index (χ4n) is 4.46. The van der Waals surface area contributed by atoms with E-state index in [4.69, 9.17) is 4.98 Å². The van der Waals surface area contributed by atoms with E-state index in [1.54, 1.807) is 12.4 Å². The maximum Gasteiger partial charge on any atom is 0.190 e. The zero-order valence-electron chi connectivity index (χ0n) is 17.7. The molecule has 0 spiro atoms. The number of nitrogens with zero attached hydrogens (tertiary/aromatic N) is 3. The van der Waals surface area contributed by atoms with Gasteiger partial charge in [0, 0.05) is 21.4 Å². The average Bonchev–Trinajstić information content (AvgIpc) is 3.24. The zero-order valence-corrected chi connectivity index (χ0v) is 18.6. The van der Waals surface area contributed by atoms with E-state index in [0.717, 1.165) is 32.4 Å². The van der Waals surface area contributed by atoms with Crippen LogP contribution >= 0.6 is 7.14 Å². The predicted octanol–water partition coefficient (Wildman–Crippen LogP) is 5.21. The van der Waals surface area contributed by atoms with Crippen LogP contribution in [0.2, 0.25) is 0 Å². The van der Waals surface area contributed by atoms with Crippen LogP contribution in [0, 0.1) is 0 Å². The van der Waals surface area contributed by atoms with Crippen LogP contribution < -0.4 is 16.0 Å². The summed E-state index contributed by atoms with van der Waals surface area (Å²) in [5.41, 5.74) is 2.55. The lowest BCUT2D eigenvalue weighted by molar-refractivity contribution is 0.592. The van der Waals surface area contributed by atoms with Gasteiger partial charge in [-0.15, -0.1) is 0 Å². The molecule has 2 heterocycles.